The molecule has 0 saturated carbocycles. The third kappa shape index (κ3) is 9.16. The zero-order chi connectivity index (χ0) is 34.2. The monoisotopic (exact) mass is 1060 g/mol. The van der Waals surface area contributed by atoms with E-state index in [9.17, 15) is 0 Å². The van der Waals surface area contributed by atoms with E-state index < -0.39 is 26.6 Å². The molecule has 0 radical (unpaired) electrons. The van der Waals surface area contributed by atoms with Gasteiger partial charge in [0.1, 0.15) is 5.14 Å². The van der Waals surface area contributed by atoms with E-state index in [1.165, 1.54) is 0 Å². The quantitative estimate of drug-likeness (QED) is 0.112. The van der Waals surface area contributed by atoms with Crippen LogP contribution in [0.2, 0.25) is 0 Å². The fraction of sp³-hybridized carbons (Fsp3) is 0.0250. The summed E-state index contributed by atoms with van der Waals surface area (Å²) in [6.07, 6.45) is 0. The van der Waals surface area contributed by atoms with Gasteiger partial charge in [0.05, 0.1) is 0 Å². The van der Waals surface area contributed by atoms with Crippen LogP contribution in [0.15, 0.2) is 190 Å². The van der Waals surface area contributed by atoms with Crippen molar-refractivity contribution in [1.82, 2.24) is 0 Å². The summed E-state index contributed by atoms with van der Waals surface area (Å²) in [5, 5.41) is 1.80. The Balaban J connectivity index is 0.000000662. The molecule has 0 saturated heterocycles. The van der Waals surface area contributed by atoms with Gasteiger partial charge in [0.2, 0.25) is 0 Å². The molecule has 257 valence electrons. The summed E-state index contributed by atoms with van der Waals surface area (Å²) in [6, 6.07) is 55.2. The Morgan fingerprint density at radius 1 is 0.412 bits per heavy atom. The van der Waals surface area contributed by atoms with Crippen LogP contribution < -0.4 is 31.8 Å². The molecule has 0 atom stereocenters. The summed E-state index contributed by atoms with van der Waals surface area (Å²) < 4.78 is 56.6. The van der Waals surface area contributed by atoms with Gasteiger partial charge in [-0.15, -0.1) is 24.8 Å². The molecule has 1 heterocycles. The molecule has 0 fully saturated rings. The molecule has 1 aliphatic rings. The predicted molar refractivity (Wildman–Crippen MR) is 225 cm³/mol. The maximum absolute atomic E-state index is 16.6. The minimum atomic E-state index is -3.97. The Labute approximate surface area is 349 Å². The van der Waals surface area contributed by atoms with Crippen LogP contribution >= 0.6 is 46.2 Å². The van der Waals surface area contributed by atoms with E-state index >= 15 is 13.7 Å². The predicted octanol–water partition coefficient (Wildman–Crippen LogP) is 7.40. The zero-order valence-electron chi connectivity index (χ0n) is 27.4. The first-order chi connectivity index (χ1) is 23.9. The van der Waals surface area contributed by atoms with Crippen LogP contribution in [0.1, 0.15) is 0 Å². The molecule has 3 nitrogen and oxygen atoms in total. The summed E-state index contributed by atoms with van der Waals surface area (Å²) >= 11 is 2.08. The van der Waals surface area contributed by atoms with E-state index in [1.54, 1.807) is 24.7 Å². The molecule has 0 bridgehead atoms. The Bertz CT molecular complexity index is 1840. The van der Waals surface area contributed by atoms with Gasteiger partial charge in [-0.2, -0.15) is 0 Å². The maximum atomic E-state index is 16.6. The molecule has 7 rings (SSSR count). The van der Waals surface area contributed by atoms with Crippen LogP contribution in [0.5, 0.6) is 0 Å². The van der Waals surface area contributed by atoms with Crippen LogP contribution in [0, 0.1) is 0 Å². The molecule has 1 aliphatic heterocycles. The van der Waals surface area contributed by atoms with Crippen molar-refractivity contribution in [3.8, 4) is 0 Å². The van der Waals surface area contributed by atoms with Crippen molar-refractivity contribution in [1.29, 1.82) is 0 Å². The van der Waals surface area contributed by atoms with Crippen LogP contribution in [0.4, 0.5) is 0 Å². The number of hydrogen-bond donors (Lipinski definition) is 0. The SMILES string of the molecule is Cl.Cl.O=P(c1ccccc1)(c1ccccc1)C(P(=O)(c1ccccc1)c1ccccc1)P(=O)(c1ccccc1)c1ccccc1.[Zr][C]1=[Sb][CH]=[CH][SbH]1. The van der Waals surface area contributed by atoms with E-state index in [2.05, 4.69) is 8.05 Å². The molecule has 6 aromatic rings. The molecular formula is C40H36Cl2O3P3Sb2Zr. The molecule has 0 amide bonds. The van der Waals surface area contributed by atoms with Crippen LogP contribution in [-0.4, -0.2) is 47.0 Å². The topological polar surface area (TPSA) is 51.2 Å². The number of benzene rings is 6. The molecule has 51 heavy (non-hydrogen) atoms. The van der Waals surface area contributed by atoms with Crippen molar-refractivity contribution < 1.29 is 38.4 Å². The van der Waals surface area contributed by atoms with E-state index in [1.807, 2.05) is 181 Å². The van der Waals surface area contributed by atoms with Gasteiger partial charge in [0.25, 0.3) is 0 Å². The van der Waals surface area contributed by atoms with Crippen molar-refractivity contribution in [2.45, 2.75) is 5.14 Å². The third-order valence-corrected chi connectivity index (χ3v) is 37.7. The Kier molecular flexibility index (Phi) is 16.5. The van der Waals surface area contributed by atoms with Crippen molar-refractivity contribution in [2.24, 2.45) is 0 Å². The summed E-state index contributed by atoms with van der Waals surface area (Å²) in [5.74, 6) is 0. The first kappa shape index (κ1) is 42.5. The number of rotatable bonds is 9. The molecule has 11 heteroatoms. The van der Waals surface area contributed by atoms with Crippen LogP contribution in [-0.2, 0) is 38.4 Å². The molecule has 0 aromatic heterocycles. The van der Waals surface area contributed by atoms with Crippen LogP contribution in [0.3, 0.4) is 0 Å². The van der Waals surface area contributed by atoms with Crippen molar-refractivity contribution in [3.63, 3.8) is 0 Å². The van der Waals surface area contributed by atoms with Crippen molar-refractivity contribution >= 4 is 120 Å². The van der Waals surface area contributed by atoms with Gasteiger partial charge < -0.3 is 13.7 Å². The molecule has 0 spiro atoms. The first-order valence-corrected chi connectivity index (χ1v) is 28.1. The van der Waals surface area contributed by atoms with Gasteiger partial charge in [-0.25, -0.2) is 0 Å². The molecule has 0 aliphatic carbocycles. The van der Waals surface area contributed by atoms with Crippen molar-refractivity contribution in [3.05, 3.63) is 190 Å². The molecule has 6 aromatic carbocycles. The van der Waals surface area contributed by atoms with Gasteiger partial charge >= 0.3 is 74.6 Å². The average molecular weight is 1060 g/mol. The number of hydrogen-bond acceptors (Lipinski definition) is 3. The second kappa shape index (κ2) is 19.9. The molecular weight excluding hydrogens is 1030 g/mol. The molecule has 0 N–H and O–H groups in total. The Morgan fingerprint density at radius 2 is 0.627 bits per heavy atom. The van der Waals surface area contributed by atoms with E-state index in [-0.39, 0.29) is 67.6 Å². The van der Waals surface area contributed by atoms with Crippen LogP contribution in [0.25, 0.3) is 0 Å². The van der Waals surface area contributed by atoms with Gasteiger partial charge in [0.15, 0.2) is 21.4 Å². The van der Waals surface area contributed by atoms with Crippen molar-refractivity contribution in [2.75, 3.05) is 0 Å². The first-order valence-electron chi connectivity index (χ1n) is 15.7. The zero-order valence-corrected chi connectivity index (χ0v) is 39.6. The average Bonchev–Trinajstić information content (AvgIpc) is 3.67. The summed E-state index contributed by atoms with van der Waals surface area (Å²) in [6.45, 7) is 0. The second-order valence-corrected chi connectivity index (χ2v) is 38.5. The normalized spacial score (nSPS) is 12.4. The Hall–Kier alpha value is -1.28. The van der Waals surface area contributed by atoms with Gasteiger partial charge in [-0.05, 0) is 0 Å². The van der Waals surface area contributed by atoms with E-state index in [0.717, 1.165) is 0 Å². The van der Waals surface area contributed by atoms with E-state index in [4.69, 9.17) is 0 Å². The third-order valence-electron chi connectivity index (χ3n) is 8.31. The number of halogens is 2. The Morgan fingerprint density at radius 3 is 0.765 bits per heavy atom. The summed E-state index contributed by atoms with van der Waals surface area (Å²) in [4.78, 5) is 0. The summed E-state index contributed by atoms with van der Waals surface area (Å²) in [7, 11) is -11.9. The van der Waals surface area contributed by atoms with Gasteiger partial charge in [0, 0.05) is 31.8 Å². The van der Waals surface area contributed by atoms with Gasteiger partial charge in [-0.3, -0.25) is 0 Å². The molecule has 0 unspecified atom stereocenters. The fourth-order valence-corrected chi connectivity index (χ4v) is 33.8. The van der Waals surface area contributed by atoms with E-state index in [0.29, 0.717) is 31.8 Å². The summed E-state index contributed by atoms with van der Waals surface area (Å²) in [5.41, 5.74) is 0. The fourth-order valence-electron chi connectivity index (χ4n) is 6.10. The van der Waals surface area contributed by atoms with Gasteiger partial charge in [-0.1, -0.05) is 182 Å². The standard InChI is InChI=1S/C37H31O3P3.C2H2.C.2ClH.2Sb.Zr.H/c38-41(31-19-7-1-8-20-31,32-21-9-2-10-22-32)37(42(39,33-23-11-3-12-24-33)34-25-13-4-14-26-34)43(40,35-27-15-5-16-28-35)36-29-17-6-18-30-36;1-2;;;;;;;/h1-30,37H;1-2H;;2*1H;;;;. The second-order valence-electron chi connectivity index (χ2n) is 11.3. The minimum absolute atomic E-state index is 0.